The zero-order chi connectivity index (χ0) is 21.4. The van der Waals surface area contributed by atoms with Crippen LogP contribution >= 0.6 is 0 Å². The quantitative estimate of drug-likeness (QED) is 0.334. The number of carbonyl (C=O) groups is 3. The number of benzene rings is 2. The fourth-order valence-corrected chi connectivity index (χ4v) is 2.48. The number of rotatable bonds is 6. The summed E-state index contributed by atoms with van der Waals surface area (Å²) in [5.41, 5.74) is 7.44. The van der Waals surface area contributed by atoms with Crippen LogP contribution in [0.2, 0.25) is 0 Å². The van der Waals surface area contributed by atoms with Crippen molar-refractivity contribution in [2.24, 2.45) is 0 Å². The van der Waals surface area contributed by atoms with E-state index in [-0.39, 0.29) is 5.57 Å². The van der Waals surface area contributed by atoms with Gasteiger partial charge in [-0.1, -0.05) is 12.1 Å². The average Bonchev–Trinajstić information content (AvgIpc) is 2.72. The molecule has 8 heteroatoms. The van der Waals surface area contributed by atoms with Crippen LogP contribution in [0.3, 0.4) is 0 Å². The van der Waals surface area contributed by atoms with Crippen LogP contribution in [-0.4, -0.2) is 24.9 Å². The summed E-state index contributed by atoms with van der Waals surface area (Å²) in [7, 11) is 1.30. The third kappa shape index (κ3) is 5.43. The first-order chi connectivity index (χ1) is 13.9. The first-order valence-corrected chi connectivity index (χ1v) is 8.59. The molecule has 0 atom stereocenters. The van der Waals surface area contributed by atoms with E-state index in [9.17, 15) is 19.6 Å². The van der Waals surface area contributed by atoms with Crippen LogP contribution in [0, 0.1) is 11.3 Å². The Hall–Kier alpha value is -4.12. The van der Waals surface area contributed by atoms with Gasteiger partial charge < -0.3 is 15.8 Å². The first kappa shape index (κ1) is 21.2. The Kier molecular flexibility index (Phi) is 7.09. The Morgan fingerprint density at radius 3 is 2.28 bits per heavy atom. The molecule has 0 fully saturated rings. The van der Waals surface area contributed by atoms with E-state index in [1.165, 1.54) is 32.4 Å². The standard InChI is InChI=1S/C21H20N4O4/c1-14(26)25(19-9-7-18(23)8-10-19)20(27)17(11-22)13-24-12-15-3-5-16(6-4-15)21(28)29-2/h3-10,13,24H,12,23H2,1-2H3/b17-13-. The van der Waals surface area contributed by atoms with Crippen molar-refractivity contribution < 1.29 is 19.1 Å². The van der Waals surface area contributed by atoms with Gasteiger partial charge in [0.2, 0.25) is 5.91 Å². The molecular weight excluding hydrogens is 372 g/mol. The Balaban J connectivity index is 2.12. The van der Waals surface area contributed by atoms with E-state index in [1.807, 2.05) is 0 Å². The molecule has 0 aliphatic rings. The van der Waals surface area contributed by atoms with E-state index < -0.39 is 17.8 Å². The summed E-state index contributed by atoms with van der Waals surface area (Å²) in [6, 6.07) is 14.6. The van der Waals surface area contributed by atoms with Gasteiger partial charge in [0.15, 0.2) is 0 Å². The van der Waals surface area contributed by atoms with E-state index in [0.29, 0.717) is 23.5 Å². The predicted octanol–water partition coefficient (Wildman–Crippen LogP) is 2.13. The topological polar surface area (TPSA) is 126 Å². The summed E-state index contributed by atoms with van der Waals surface area (Å²) >= 11 is 0. The summed E-state index contributed by atoms with van der Waals surface area (Å²) in [4.78, 5) is 37.0. The van der Waals surface area contributed by atoms with Crippen molar-refractivity contribution >= 4 is 29.2 Å². The zero-order valence-electron chi connectivity index (χ0n) is 16.0. The molecule has 0 bridgehead atoms. The number of nitriles is 1. The lowest BCUT2D eigenvalue weighted by Gasteiger charge is -2.19. The Morgan fingerprint density at radius 1 is 1.14 bits per heavy atom. The van der Waals surface area contributed by atoms with E-state index in [1.54, 1.807) is 42.5 Å². The van der Waals surface area contributed by atoms with Gasteiger partial charge in [0.1, 0.15) is 11.6 Å². The third-order valence-electron chi connectivity index (χ3n) is 3.95. The maximum atomic E-state index is 12.7. The van der Waals surface area contributed by atoms with E-state index in [2.05, 4.69) is 10.1 Å². The second kappa shape index (κ2) is 9.71. The lowest BCUT2D eigenvalue weighted by molar-refractivity contribution is -0.123. The molecular formula is C21H20N4O4. The van der Waals surface area contributed by atoms with Crippen molar-refractivity contribution in [2.45, 2.75) is 13.5 Å². The molecule has 148 valence electrons. The van der Waals surface area contributed by atoms with Crippen LogP contribution in [0.25, 0.3) is 0 Å². The number of hydrogen-bond acceptors (Lipinski definition) is 7. The smallest absolute Gasteiger partial charge is 0.337 e. The second-order valence-corrected chi connectivity index (χ2v) is 5.99. The summed E-state index contributed by atoms with van der Waals surface area (Å²) < 4.78 is 4.64. The highest BCUT2D eigenvalue weighted by atomic mass is 16.5. The highest BCUT2D eigenvalue weighted by Crippen LogP contribution is 2.19. The summed E-state index contributed by atoms with van der Waals surface area (Å²) in [6.45, 7) is 1.54. The van der Waals surface area contributed by atoms with E-state index >= 15 is 0 Å². The first-order valence-electron chi connectivity index (χ1n) is 8.59. The fourth-order valence-electron chi connectivity index (χ4n) is 2.48. The van der Waals surface area contributed by atoms with Crippen LogP contribution in [0.1, 0.15) is 22.8 Å². The van der Waals surface area contributed by atoms with E-state index in [0.717, 1.165) is 10.5 Å². The Bertz CT molecular complexity index is 973. The maximum Gasteiger partial charge on any atom is 0.337 e. The van der Waals surface area contributed by atoms with Gasteiger partial charge in [-0.15, -0.1) is 0 Å². The molecule has 0 unspecified atom stereocenters. The second-order valence-electron chi connectivity index (χ2n) is 5.99. The van der Waals surface area contributed by atoms with Gasteiger partial charge in [-0.25, -0.2) is 9.69 Å². The number of imide groups is 1. The summed E-state index contributed by atoms with van der Waals surface area (Å²) in [5.74, 6) is -1.72. The normalized spacial score (nSPS) is 10.6. The fraction of sp³-hybridized carbons (Fsp3) is 0.143. The lowest BCUT2D eigenvalue weighted by Crippen LogP contribution is -2.36. The molecule has 0 aliphatic heterocycles. The number of hydrogen-bond donors (Lipinski definition) is 2. The predicted molar refractivity (Wildman–Crippen MR) is 107 cm³/mol. The van der Waals surface area contributed by atoms with Gasteiger partial charge >= 0.3 is 5.97 Å². The van der Waals surface area contributed by atoms with Crippen molar-refractivity contribution in [3.63, 3.8) is 0 Å². The number of nitrogen functional groups attached to an aromatic ring is 1. The lowest BCUT2D eigenvalue weighted by atomic mass is 10.1. The van der Waals surface area contributed by atoms with E-state index in [4.69, 9.17) is 5.73 Å². The molecule has 0 heterocycles. The summed E-state index contributed by atoms with van der Waals surface area (Å²) in [6.07, 6.45) is 1.25. The van der Waals surface area contributed by atoms with Crippen LogP contribution in [-0.2, 0) is 20.9 Å². The van der Waals surface area contributed by atoms with Gasteiger partial charge in [-0.2, -0.15) is 5.26 Å². The molecule has 2 aromatic carbocycles. The highest BCUT2D eigenvalue weighted by Gasteiger charge is 2.23. The molecule has 2 aromatic rings. The molecule has 0 radical (unpaired) electrons. The number of ether oxygens (including phenoxy) is 1. The van der Waals surface area contributed by atoms with Crippen molar-refractivity contribution in [3.05, 3.63) is 71.4 Å². The summed E-state index contributed by atoms with van der Waals surface area (Å²) in [5, 5.41) is 12.2. The molecule has 8 nitrogen and oxygen atoms in total. The van der Waals surface area contributed by atoms with Crippen molar-refractivity contribution in [1.82, 2.24) is 5.32 Å². The maximum absolute atomic E-state index is 12.7. The minimum Gasteiger partial charge on any atom is -0.465 e. The van der Waals surface area contributed by atoms with Crippen LogP contribution < -0.4 is 16.0 Å². The minimum atomic E-state index is -0.752. The molecule has 0 saturated carbocycles. The SMILES string of the molecule is COC(=O)c1ccc(CN/C=C(/C#N)C(=O)N(C(C)=O)c2ccc(N)cc2)cc1. The number of esters is 1. The molecule has 3 N–H and O–H groups in total. The molecule has 0 spiro atoms. The molecule has 2 rings (SSSR count). The van der Waals surface area contributed by atoms with Crippen molar-refractivity contribution in [2.75, 3.05) is 17.7 Å². The number of amides is 2. The van der Waals surface area contributed by atoms with Gasteiger partial charge in [-0.3, -0.25) is 9.59 Å². The number of nitrogens with zero attached hydrogens (tertiary/aromatic N) is 2. The number of nitrogens with two attached hydrogens (primary N) is 1. The zero-order valence-corrected chi connectivity index (χ0v) is 16.0. The molecule has 0 saturated heterocycles. The Morgan fingerprint density at radius 2 is 1.76 bits per heavy atom. The molecule has 0 aliphatic carbocycles. The number of anilines is 2. The minimum absolute atomic E-state index is 0.233. The average molecular weight is 392 g/mol. The highest BCUT2D eigenvalue weighted by molar-refractivity contribution is 6.21. The van der Waals surface area contributed by atoms with Gasteiger partial charge in [0.25, 0.3) is 5.91 Å². The van der Waals surface area contributed by atoms with Crippen LogP contribution in [0.4, 0.5) is 11.4 Å². The molecule has 29 heavy (non-hydrogen) atoms. The van der Waals surface area contributed by atoms with Gasteiger partial charge in [0, 0.05) is 25.4 Å². The monoisotopic (exact) mass is 392 g/mol. The third-order valence-corrected chi connectivity index (χ3v) is 3.95. The number of carbonyl (C=O) groups excluding carboxylic acids is 3. The number of methoxy groups -OCH3 is 1. The van der Waals surface area contributed by atoms with Gasteiger partial charge in [-0.05, 0) is 42.0 Å². The van der Waals surface area contributed by atoms with Crippen molar-refractivity contribution in [1.29, 1.82) is 5.26 Å². The van der Waals surface area contributed by atoms with Crippen molar-refractivity contribution in [3.8, 4) is 6.07 Å². The van der Waals surface area contributed by atoms with Crippen LogP contribution in [0.15, 0.2) is 60.3 Å². The van der Waals surface area contributed by atoms with Crippen LogP contribution in [0.5, 0.6) is 0 Å². The molecule has 2 amide bonds. The Labute approximate surface area is 168 Å². The van der Waals surface area contributed by atoms with Gasteiger partial charge in [0.05, 0.1) is 18.4 Å². The largest absolute Gasteiger partial charge is 0.465 e. The number of nitrogens with one attached hydrogen (secondary N) is 1. The molecule has 0 aromatic heterocycles.